The molecule has 0 heterocycles. The van der Waals surface area contributed by atoms with Crippen LogP contribution in [0.5, 0.6) is 5.75 Å². The summed E-state index contributed by atoms with van der Waals surface area (Å²) in [5, 5.41) is 15.2. The van der Waals surface area contributed by atoms with Crippen LogP contribution in [0.4, 0.5) is 11.4 Å². The van der Waals surface area contributed by atoms with Gasteiger partial charge in [-0.05, 0) is 79.9 Å². The fourth-order valence-electron chi connectivity index (χ4n) is 3.11. The van der Waals surface area contributed by atoms with Gasteiger partial charge in [0.25, 0.3) is 11.8 Å². The zero-order chi connectivity index (χ0) is 25.5. The summed E-state index contributed by atoms with van der Waals surface area (Å²) >= 11 is 12.6. The van der Waals surface area contributed by atoms with Crippen LogP contribution in [-0.4, -0.2) is 18.4 Å². The molecule has 3 aromatic rings. The molecular formula is C27H23Cl2N3O3. The van der Waals surface area contributed by atoms with Crippen LogP contribution in [0.25, 0.3) is 6.08 Å². The van der Waals surface area contributed by atoms with Gasteiger partial charge in [0.1, 0.15) is 11.6 Å². The van der Waals surface area contributed by atoms with Crippen molar-refractivity contribution in [1.82, 2.24) is 0 Å². The molecule has 3 rings (SSSR count). The third-order valence-corrected chi connectivity index (χ3v) is 5.71. The van der Waals surface area contributed by atoms with Crippen molar-refractivity contribution in [3.63, 3.8) is 0 Å². The summed E-state index contributed by atoms with van der Waals surface area (Å²) in [5.41, 5.74) is 4.77. The number of carbonyl (C=O) groups excluding carboxylic acids is 2. The number of carbonyl (C=O) groups is 2. The van der Waals surface area contributed by atoms with Crippen LogP contribution in [-0.2, 0) is 9.59 Å². The molecule has 0 aromatic heterocycles. The first-order valence-corrected chi connectivity index (χ1v) is 11.4. The summed E-state index contributed by atoms with van der Waals surface area (Å²) in [6.45, 7) is 5.58. The van der Waals surface area contributed by atoms with Crippen LogP contribution in [0.2, 0.25) is 10.0 Å². The van der Waals surface area contributed by atoms with Gasteiger partial charge in [-0.1, -0.05) is 47.0 Å². The Labute approximate surface area is 214 Å². The average Bonchev–Trinajstić information content (AvgIpc) is 2.80. The van der Waals surface area contributed by atoms with Gasteiger partial charge in [0.05, 0.1) is 10.0 Å². The monoisotopic (exact) mass is 507 g/mol. The summed E-state index contributed by atoms with van der Waals surface area (Å²) in [6, 6.07) is 17.7. The number of nitriles is 1. The first-order chi connectivity index (χ1) is 16.7. The lowest BCUT2D eigenvalue weighted by atomic mass is 10.1. The third-order valence-electron chi connectivity index (χ3n) is 5.14. The van der Waals surface area contributed by atoms with E-state index >= 15 is 0 Å². The Kier molecular flexibility index (Phi) is 8.53. The van der Waals surface area contributed by atoms with Crippen molar-refractivity contribution in [3.05, 3.63) is 92.5 Å². The first kappa shape index (κ1) is 25.8. The minimum absolute atomic E-state index is 0.126. The molecule has 0 spiro atoms. The zero-order valence-electron chi connectivity index (χ0n) is 19.4. The Morgan fingerprint density at radius 3 is 2.14 bits per heavy atom. The van der Waals surface area contributed by atoms with Gasteiger partial charge < -0.3 is 15.4 Å². The predicted octanol–water partition coefficient (Wildman–Crippen LogP) is 6.48. The fourth-order valence-corrected chi connectivity index (χ4v) is 3.72. The molecule has 0 unspecified atom stereocenters. The summed E-state index contributed by atoms with van der Waals surface area (Å²) in [5.74, 6) is -0.806. The normalized spacial score (nSPS) is 10.9. The maximum absolute atomic E-state index is 12.5. The van der Waals surface area contributed by atoms with Gasteiger partial charge in [-0.2, -0.15) is 5.26 Å². The van der Waals surface area contributed by atoms with E-state index in [1.807, 2.05) is 57.2 Å². The summed E-state index contributed by atoms with van der Waals surface area (Å²) in [6.07, 6.45) is 1.37. The lowest BCUT2D eigenvalue weighted by molar-refractivity contribution is -0.118. The van der Waals surface area contributed by atoms with Crippen LogP contribution in [0, 0.1) is 32.1 Å². The minimum Gasteiger partial charge on any atom is -0.481 e. The van der Waals surface area contributed by atoms with E-state index in [-0.39, 0.29) is 33.9 Å². The minimum atomic E-state index is -0.563. The second kappa shape index (κ2) is 11.6. The van der Waals surface area contributed by atoms with Gasteiger partial charge in [-0.15, -0.1) is 0 Å². The smallest absolute Gasteiger partial charge is 0.266 e. The number of ether oxygens (including phenoxy) is 1. The van der Waals surface area contributed by atoms with E-state index in [9.17, 15) is 14.9 Å². The number of rotatable bonds is 7. The first-order valence-electron chi connectivity index (χ1n) is 10.6. The molecule has 0 aliphatic heterocycles. The molecule has 0 fully saturated rings. The second-order valence-electron chi connectivity index (χ2n) is 7.94. The largest absolute Gasteiger partial charge is 0.481 e. The molecule has 6 nitrogen and oxygen atoms in total. The Bertz CT molecular complexity index is 1320. The molecule has 8 heteroatoms. The van der Waals surface area contributed by atoms with E-state index in [0.29, 0.717) is 16.9 Å². The molecule has 0 aliphatic rings. The molecule has 178 valence electrons. The van der Waals surface area contributed by atoms with Gasteiger partial charge in [-0.25, -0.2) is 0 Å². The van der Waals surface area contributed by atoms with Crippen molar-refractivity contribution in [3.8, 4) is 11.8 Å². The van der Waals surface area contributed by atoms with E-state index in [1.54, 1.807) is 12.1 Å². The van der Waals surface area contributed by atoms with Crippen LogP contribution in [0.3, 0.4) is 0 Å². The molecular weight excluding hydrogens is 485 g/mol. The molecule has 0 radical (unpaired) electrons. The Balaban J connectivity index is 1.68. The molecule has 2 N–H and O–H groups in total. The van der Waals surface area contributed by atoms with Crippen molar-refractivity contribution in [2.75, 3.05) is 17.2 Å². The number of hydrogen-bond donors (Lipinski definition) is 2. The molecule has 0 atom stereocenters. The Morgan fingerprint density at radius 2 is 1.54 bits per heavy atom. The quantitative estimate of drug-likeness (QED) is 0.282. The van der Waals surface area contributed by atoms with Crippen molar-refractivity contribution in [2.45, 2.75) is 20.8 Å². The molecule has 35 heavy (non-hydrogen) atoms. The van der Waals surface area contributed by atoms with Gasteiger partial charge in [0, 0.05) is 11.4 Å². The maximum Gasteiger partial charge on any atom is 0.266 e. The Morgan fingerprint density at radius 1 is 0.914 bits per heavy atom. The third kappa shape index (κ3) is 7.10. The van der Waals surface area contributed by atoms with E-state index in [0.717, 1.165) is 16.7 Å². The van der Waals surface area contributed by atoms with E-state index in [2.05, 4.69) is 10.6 Å². The number of benzene rings is 3. The SMILES string of the molecule is Cc1ccc(NC(=O)/C(C#N)=C\c2cc(Cl)c(OCC(=O)Nc3ccc(C)c(C)c3)c(Cl)c2)cc1. The molecule has 0 bridgehead atoms. The highest BCUT2D eigenvalue weighted by Gasteiger charge is 2.14. The molecule has 0 saturated heterocycles. The van der Waals surface area contributed by atoms with Gasteiger partial charge in [-0.3, -0.25) is 9.59 Å². The van der Waals surface area contributed by atoms with Crippen LogP contribution in [0.15, 0.2) is 60.2 Å². The van der Waals surface area contributed by atoms with Crippen molar-refractivity contribution < 1.29 is 14.3 Å². The van der Waals surface area contributed by atoms with Crippen molar-refractivity contribution >= 4 is 52.5 Å². The maximum atomic E-state index is 12.5. The number of halogens is 2. The highest BCUT2D eigenvalue weighted by Crippen LogP contribution is 2.35. The lowest BCUT2D eigenvalue weighted by Crippen LogP contribution is -2.20. The fraction of sp³-hybridized carbons (Fsp3) is 0.148. The van der Waals surface area contributed by atoms with E-state index in [1.165, 1.54) is 18.2 Å². The summed E-state index contributed by atoms with van der Waals surface area (Å²) in [4.78, 5) is 24.8. The van der Waals surface area contributed by atoms with Crippen molar-refractivity contribution in [2.24, 2.45) is 0 Å². The van der Waals surface area contributed by atoms with E-state index in [4.69, 9.17) is 27.9 Å². The Hall–Kier alpha value is -3.79. The van der Waals surface area contributed by atoms with Crippen LogP contribution < -0.4 is 15.4 Å². The zero-order valence-corrected chi connectivity index (χ0v) is 20.9. The standard InChI is InChI=1S/C27H23Cl2N3O3/c1-16-4-7-21(8-5-16)32-27(34)20(14-30)11-19-12-23(28)26(24(29)13-19)35-15-25(33)31-22-9-6-17(2)18(3)10-22/h4-13H,15H2,1-3H3,(H,31,33)(H,32,34)/b20-11-. The highest BCUT2D eigenvalue weighted by molar-refractivity contribution is 6.37. The molecule has 0 saturated carbocycles. The number of amides is 2. The summed E-state index contributed by atoms with van der Waals surface area (Å²) < 4.78 is 5.54. The van der Waals surface area contributed by atoms with Gasteiger partial charge in [0.2, 0.25) is 0 Å². The molecule has 2 amide bonds. The van der Waals surface area contributed by atoms with Crippen LogP contribution in [0.1, 0.15) is 22.3 Å². The van der Waals surface area contributed by atoms with Crippen LogP contribution >= 0.6 is 23.2 Å². The highest BCUT2D eigenvalue weighted by atomic mass is 35.5. The average molecular weight is 508 g/mol. The van der Waals surface area contributed by atoms with Gasteiger partial charge in [0.15, 0.2) is 12.4 Å². The molecule has 0 aliphatic carbocycles. The lowest BCUT2D eigenvalue weighted by Gasteiger charge is -2.12. The number of hydrogen-bond acceptors (Lipinski definition) is 4. The summed E-state index contributed by atoms with van der Waals surface area (Å²) in [7, 11) is 0. The number of anilines is 2. The molecule has 3 aromatic carbocycles. The topological polar surface area (TPSA) is 91.2 Å². The number of nitrogens with zero attached hydrogens (tertiary/aromatic N) is 1. The number of aryl methyl sites for hydroxylation is 3. The van der Waals surface area contributed by atoms with Crippen molar-refractivity contribution in [1.29, 1.82) is 5.26 Å². The number of nitrogens with one attached hydrogen (secondary N) is 2. The predicted molar refractivity (Wildman–Crippen MR) is 140 cm³/mol. The van der Waals surface area contributed by atoms with Gasteiger partial charge >= 0.3 is 0 Å². The second-order valence-corrected chi connectivity index (χ2v) is 8.75. The van der Waals surface area contributed by atoms with E-state index < -0.39 is 5.91 Å².